The van der Waals surface area contributed by atoms with Crippen LogP contribution >= 0.6 is 0 Å². The number of aryl methyl sites for hydroxylation is 1. The zero-order chi connectivity index (χ0) is 14.4. The fraction of sp³-hybridized carbons (Fsp3) is 0.353. The van der Waals surface area contributed by atoms with Crippen molar-refractivity contribution < 1.29 is 4.74 Å². The van der Waals surface area contributed by atoms with Gasteiger partial charge in [0.25, 0.3) is 0 Å². The van der Waals surface area contributed by atoms with Gasteiger partial charge in [-0.2, -0.15) is 0 Å². The van der Waals surface area contributed by atoms with Crippen LogP contribution in [-0.4, -0.2) is 18.6 Å². The molecule has 2 rings (SSSR count). The number of methoxy groups -OCH3 is 1. The predicted molar refractivity (Wildman–Crippen MR) is 82.1 cm³/mol. The van der Waals surface area contributed by atoms with E-state index in [1.165, 1.54) is 11.1 Å². The maximum absolute atomic E-state index is 5.43. The SMILES string of the molecule is CCNC(Cc1cccc(C)c1)c1ncccc1OC. The molecule has 1 aromatic heterocycles. The molecule has 20 heavy (non-hydrogen) atoms. The van der Waals surface area contributed by atoms with Crippen LogP contribution in [0.2, 0.25) is 0 Å². The summed E-state index contributed by atoms with van der Waals surface area (Å²) in [4.78, 5) is 4.50. The minimum atomic E-state index is 0.165. The Bertz CT molecular complexity index is 554. The normalized spacial score (nSPS) is 12.2. The summed E-state index contributed by atoms with van der Waals surface area (Å²) in [6.45, 7) is 5.13. The highest BCUT2D eigenvalue weighted by Gasteiger charge is 2.17. The van der Waals surface area contributed by atoms with Gasteiger partial charge in [-0.1, -0.05) is 36.8 Å². The predicted octanol–water partition coefficient (Wildman–Crippen LogP) is 3.29. The van der Waals surface area contributed by atoms with Crippen molar-refractivity contribution >= 4 is 0 Å². The summed E-state index contributed by atoms with van der Waals surface area (Å²) in [6.07, 6.45) is 2.72. The average molecular weight is 270 g/mol. The topological polar surface area (TPSA) is 34.2 Å². The molecule has 1 aromatic carbocycles. The smallest absolute Gasteiger partial charge is 0.141 e. The molecule has 0 aliphatic rings. The third-order valence-electron chi connectivity index (χ3n) is 3.32. The molecule has 106 valence electrons. The van der Waals surface area contributed by atoms with Crippen LogP contribution in [0.1, 0.15) is 29.8 Å². The summed E-state index contributed by atoms with van der Waals surface area (Å²) in [5.41, 5.74) is 3.56. The second kappa shape index (κ2) is 7.06. The maximum Gasteiger partial charge on any atom is 0.141 e. The zero-order valence-corrected chi connectivity index (χ0v) is 12.4. The maximum atomic E-state index is 5.43. The lowest BCUT2D eigenvalue weighted by molar-refractivity contribution is 0.394. The lowest BCUT2D eigenvalue weighted by Gasteiger charge is -2.19. The number of aromatic nitrogens is 1. The highest BCUT2D eigenvalue weighted by atomic mass is 16.5. The first-order valence-electron chi connectivity index (χ1n) is 7.02. The summed E-state index contributed by atoms with van der Waals surface area (Å²) >= 11 is 0. The zero-order valence-electron chi connectivity index (χ0n) is 12.4. The number of nitrogens with one attached hydrogen (secondary N) is 1. The standard InChI is InChI=1S/C17H22N2O/c1-4-18-15(12-14-8-5-7-13(2)11-14)17-16(20-3)9-6-10-19-17/h5-11,15,18H,4,12H2,1-3H3. The summed E-state index contributed by atoms with van der Waals surface area (Å²) in [5.74, 6) is 0.839. The first kappa shape index (κ1) is 14.5. The van der Waals surface area contributed by atoms with Gasteiger partial charge < -0.3 is 10.1 Å². The number of pyridine rings is 1. The van der Waals surface area contributed by atoms with Crippen LogP contribution < -0.4 is 10.1 Å². The Hall–Kier alpha value is -1.87. The average Bonchev–Trinajstić information content (AvgIpc) is 2.47. The summed E-state index contributed by atoms with van der Waals surface area (Å²) < 4.78 is 5.43. The third-order valence-corrected chi connectivity index (χ3v) is 3.32. The van der Waals surface area contributed by atoms with Crippen LogP contribution in [0.25, 0.3) is 0 Å². The number of benzene rings is 1. The van der Waals surface area contributed by atoms with Gasteiger partial charge in [0.2, 0.25) is 0 Å². The van der Waals surface area contributed by atoms with E-state index in [2.05, 4.69) is 48.4 Å². The Morgan fingerprint density at radius 3 is 2.80 bits per heavy atom. The molecule has 0 aliphatic heterocycles. The monoisotopic (exact) mass is 270 g/mol. The molecule has 1 heterocycles. The van der Waals surface area contributed by atoms with Gasteiger partial charge in [0.1, 0.15) is 5.75 Å². The van der Waals surface area contributed by atoms with Gasteiger partial charge in [0, 0.05) is 6.20 Å². The van der Waals surface area contributed by atoms with Crippen molar-refractivity contribution in [1.29, 1.82) is 0 Å². The molecule has 0 spiro atoms. The van der Waals surface area contributed by atoms with E-state index in [1.807, 2.05) is 18.3 Å². The Morgan fingerprint density at radius 1 is 1.25 bits per heavy atom. The van der Waals surface area contributed by atoms with E-state index < -0.39 is 0 Å². The van der Waals surface area contributed by atoms with Crippen molar-refractivity contribution in [3.63, 3.8) is 0 Å². The minimum Gasteiger partial charge on any atom is -0.495 e. The number of nitrogens with zero attached hydrogens (tertiary/aromatic N) is 1. The molecule has 3 nitrogen and oxygen atoms in total. The van der Waals surface area contributed by atoms with E-state index in [4.69, 9.17) is 4.74 Å². The van der Waals surface area contributed by atoms with Crippen molar-refractivity contribution in [2.75, 3.05) is 13.7 Å². The van der Waals surface area contributed by atoms with Gasteiger partial charge in [-0.25, -0.2) is 0 Å². The lowest BCUT2D eigenvalue weighted by atomic mass is 10.0. The molecule has 1 N–H and O–H groups in total. The van der Waals surface area contributed by atoms with Gasteiger partial charge in [0.15, 0.2) is 0 Å². The van der Waals surface area contributed by atoms with E-state index in [9.17, 15) is 0 Å². The molecule has 0 bridgehead atoms. The minimum absolute atomic E-state index is 0.165. The summed E-state index contributed by atoms with van der Waals surface area (Å²) in [5, 5.41) is 3.50. The van der Waals surface area contributed by atoms with E-state index in [0.29, 0.717) is 0 Å². The fourth-order valence-electron chi connectivity index (χ4n) is 2.42. The highest BCUT2D eigenvalue weighted by Crippen LogP contribution is 2.25. The molecule has 0 saturated heterocycles. The van der Waals surface area contributed by atoms with E-state index >= 15 is 0 Å². The number of ether oxygens (including phenoxy) is 1. The van der Waals surface area contributed by atoms with Crippen LogP contribution in [0.5, 0.6) is 5.75 Å². The Labute approximate surface area is 121 Å². The van der Waals surface area contributed by atoms with Gasteiger partial charge in [0.05, 0.1) is 18.8 Å². The van der Waals surface area contributed by atoms with Crippen LogP contribution in [0, 0.1) is 6.92 Å². The molecule has 0 fully saturated rings. The largest absolute Gasteiger partial charge is 0.495 e. The summed E-state index contributed by atoms with van der Waals surface area (Å²) in [7, 11) is 1.69. The molecule has 2 aromatic rings. The fourth-order valence-corrected chi connectivity index (χ4v) is 2.42. The Balaban J connectivity index is 2.26. The van der Waals surface area contributed by atoms with Crippen molar-refractivity contribution in [3.8, 4) is 5.75 Å². The number of likely N-dealkylation sites (N-methyl/N-ethyl adjacent to an activating group) is 1. The van der Waals surface area contributed by atoms with Crippen LogP contribution in [-0.2, 0) is 6.42 Å². The van der Waals surface area contributed by atoms with Gasteiger partial charge in [-0.3, -0.25) is 4.98 Å². The Kier molecular flexibility index (Phi) is 5.13. The Morgan fingerprint density at radius 2 is 2.10 bits per heavy atom. The molecule has 1 atom stereocenters. The number of rotatable bonds is 6. The highest BCUT2D eigenvalue weighted by molar-refractivity contribution is 5.32. The van der Waals surface area contributed by atoms with Gasteiger partial charge in [-0.15, -0.1) is 0 Å². The van der Waals surface area contributed by atoms with Crippen LogP contribution in [0.3, 0.4) is 0 Å². The van der Waals surface area contributed by atoms with Crippen molar-refractivity contribution in [2.24, 2.45) is 0 Å². The number of hydrogen-bond acceptors (Lipinski definition) is 3. The molecule has 3 heteroatoms. The first-order chi connectivity index (χ1) is 9.74. The van der Waals surface area contributed by atoms with Crippen molar-refractivity contribution in [2.45, 2.75) is 26.3 Å². The lowest BCUT2D eigenvalue weighted by Crippen LogP contribution is -2.24. The molecular formula is C17H22N2O. The van der Waals surface area contributed by atoms with Crippen LogP contribution in [0.15, 0.2) is 42.6 Å². The molecule has 0 saturated carbocycles. The van der Waals surface area contributed by atoms with Crippen molar-refractivity contribution in [3.05, 3.63) is 59.4 Å². The second-order valence-corrected chi connectivity index (χ2v) is 4.89. The molecule has 0 radical (unpaired) electrons. The molecule has 0 aliphatic carbocycles. The van der Waals surface area contributed by atoms with E-state index in [-0.39, 0.29) is 6.04 Å². The first-order valence-corrected chi connectivity index (χ1v) is 7.02. The van der Waals surface area contributed by atoms with Crippen molar-refractivity contribution in [1.82, 2.24) is 10.3 Å². The molecular weight excluding hydrogens is 248 g/mol. The third kappa shape index (κ3) is 3.58. The van der Waals surface area contributed by atoms with Gasteiger partial charge in [-0.05, 0) is 37.6 Å². The van der Waals surface area contributed by atoms with Gasteiger partial charge >= 0.3 is 0 Å². The number of hydrogen-bond donors (Lipinski definition) is 1. The molecule has 1 unspecified atom stereocenters. The van der Waals surface area contributed by atoms with Crippen LogP contribution in [0.4, 0.5) is 0 Å². The quantitative estimate of drug-likeness (QED) is 0.874. The summed E-state index contributed by atoms with van der Waals surface area (Å²) in [6, 6.07) is 12.6. The second-order valence-electron chi connectivity index (χ2n) is 4.89. The van der Waals surface area contributed by atoms with E-state index in [0.717, 1.165) is 24.4 Å². The molecule has 0 amide bonds. The van der Waals surface area contributed by atoms with E-state index in [1.54, 1.807) is 7.11 Å².